The van der Waals surface area contributed by atoms with Gasteiger partial charge in [-0.25, -0.2) is 4.98 Å². The molecule has 1 rings (SSSR count). The summed E-state index contributed by atoms with van der Waals surface area (Å²) in [7, 11) is 4.20. The van der Waals surface area contributed by atoms with Crippen LogP contribution in [0.25, 0.3) is 0 Å². The lowest BCUT2D eigenvalue weighted by Gasteiger charge is -2.26. The molecule has 0 aliphatic rings. The van der Waals surface area contributed by atoms with Gasteiger partial charge in [-0.3, -0.25) is 0 Å². The molecular weight excluding hydrogens is 224 g/mol. The predicted molar refractivity (Wildman–Crippen MR) is 78.1 cm³/mol. The van der Waals surface area contributed by atoms with E-state index < -0.39 is 0 Å². The van der Waals surface area contributed by atoms with Crippen molar-refractivity contribution in [3.63, 3.8) is 0 Å². The average molecular weight is 250 g/mol. The van der Waals surface area contributed by atoms with Gasteiger partial charge in [0.05, 0.1) is 0 Å². The Bertz CT molecular complexity index is 338. The lowest BCUT2D eigenvalue weighted by Crippen LogP contribution is -2.33. The van der Waals surface area contributed by atoms with Crippen LogP contribution >= 0.6 is 0 Å². The van der Waals surface area contributed by atoms with Gasteiger partial charge in [0.15, 0.2) is 0 Å². The van der Waals surface area contributed by atoms with Crippen LogP contribution in [0, 0.1) is 0 Å². The van der Waals surface area contributed by atoms with Crippen LogP contribution < -0.4 is 10.6 Å². The summed E-state index contributed by atoms with van der Waals surface area (Å²) in [4.78, 5) is 9.11. The number of nitrogens with two attached hydrogens (primary N) is 1. The third-order valence-corrected chi connectivity index (χ3v) is 2.89. The van der Waals surface area contributed by atoms with Gasteiger partial charge in [0.1, 0.15) is 5.82 Å². The van der Waals surface area contributed by atoms with Crippen LogP contribution in [0.15, 0.2) is 18.3 Å². The average Bonchev–Trinajstić information content (AvgIpc) is 2.35. The summed E-state index contributed by atoms with van der Waals surface area (Å²) in [6, 6.07) is 4.12. The number of rotatable bonds is 8. The summed E-state index contributed by atoms with van der Waals surface area (Å²) in [6.45, 7) is 5.97. The molecule has 18 heavy (non-hydrogen) atoms. The van der Waals surface area contributed by atoms with Crippen molar-refractivity contribution in [1.82, 2.24) is 9.88 Å². The maximum absolute atomic E-state index is 5.67. The minimum atomic E-state index is 0.673. The molecule has 102 valence electrons. The molecule has 0 unspecified atom stereocenters. The number of hydrogen-bond donors (Lipinski definition) is 1. The number of hydrogen-bond acceptors (Lipinski definition) is 4. The van der Waals surface area contributed by atoms with Crippen LogP contribution in [-0.2, 0) is 6.42 Å². The van der Waals surface area contributed by atoms with E-state index in [-0.39, 0.29) is 0 Å². The highest BCUT2D eigenvalue weighted by Gasteiger charge is 2.11. The molecule has 0 aromatic carbocycles. The molecule has 1 aromatic rings. The van der Waals surface area contributed by atoms with Crippen molar-refractivity contribution < 1.29 is 0 Å². The fourth-order valence-electron chi connectivity index (χ4n) is 1.98. The summed E-state index contributed by atoms with van der Waals surface area (Å²) < 4.78 is 0. The molecule has 4 heteroatoms. The highest BCUT2D eigenvalue weighted by Crippen LogP contribution is 2.17. The van der Waals surface area contributed by atoms with Crippen molar-refractivity contribution >= 4 is 5.82 Å². The van der Waals surface area contributed by atoms with Crippen LogP contribution in [-0.4, -0.2) is 50.2 Å². The molecule has 0 fully saturated rings. The van der Waals surface area contributed by atoms with Crippen molar-refractivity contribution in [3.8, 4) is 0 Å². The Hall–Kier alpha value is -1.13. The third-order valence-electron chi connectivity index (χ3n) is 2.89. The topological polar surface area (TPSA) is 45.4 Å². The maximum atomic E-state index is 5.67. The first-order valence-electron chi connectivity index (χ1n) is 6.72. The molecule has 0 spiro atoms. The van der Waals surface area contributed by atoms with E-state index in [9.17, 15) is 0 Å². The molecule has 0 saturated carbocycles. The van der Waals surface area contributed by atoms with Crippen LogP contribution in [0.4, 0.5) is 5.82 Å². The SMILES string of the molecule is CCCN(CCN(C)C)c1ncccc1CCN. The molecule has 0 aliphatic carbocycles. The summed E-state index contributed by atoms with van der Waals surface area (Å²) in [5, 5.41) is 0. The second-order valence-electron chi connectivity index (χ2n) is 4.82. The maximum Gasteiger partial charge on any atom is 0.131 e. The van der Waals surface area contributed by atoms with E-state index in [1.807, 2.05) is 12.3 Å². The quantitative estimate of drug-likeness (QED) is 0.757. The minimum Gasteiger partial charge on any atom is -0.355 e. The molecule has 0 atom stereocenters. The smallest absolute Gasteiger partial charge is 0.131 e. The van der Waals surface area contributed by atoms with Gasteiger partial charge in [-0.15, -0.1) is 0 Å². The van der Waals surface area contributed by atoms with Crippen molar-refractivity contribution in [2.45, 2.75) is 19.8 Å². The largest absolute Gasteiger partial charge is 0.355 e. The molecule has 1 aromatic heterocycles. The van der Waals surface area contributed by atoms with Gasteiger partial charge in [-0.05, 0) is 45.1 Å². The van der Waals surface area contributed by atoms with E-state index in [1.165, 1.54) is 5.56 Å². The van der Waals surface area contributed by atoms with Gasteiger partial charge < -0.3 is 15.5 Å². The summed E-state index contributed by atoms with van der Waals surface area (Å²) >= 11 is 0. The van der Waals surface area contributed by atoms with Crippen LogP contribution in [0.5, 0.6) is 0 Å². The first-order valence-corrected chi connectivity index (χ1v) is 6.72. The Morgan fingerprint density at radius 2 is 2.00 bits per heavy atom. The Morgan fingerprint density at radius 1 is 1.22 bits per heavy atom. The van der Waals surface area contributed by atoms with Crippen LogP contribution in [0.1, 0.15) is 18.9 Å². The molecule has 0 radical (unpaired) electrons. The molecule has 0 aliphatic heterocycles. The molecule has 0 amide bonds. The van der Waals surface area contributed by atoms with Gasteiger partial charge in [0.25, 0.3) is 0 Å². The van der Waals surface area contributed by atoms with Gasteiger partial charge in [0.2, 0.25) is 0 Å². The van der Waals surface area contributed by atoms with Crippen molar-refractivity contribution in [2.75, 3.05) is 45.2 Å². The second-order valence-corrected chi connectivity index (χ2v) is 4.82. The Labute approximate surface area is 111 Å². The van der Waals surface area contributed by atoms with Crippen molar-refractivity contribution in [1.29, 1.82) is 0 Å². The number of pyridine rings is 1. The van der Waals surface area contributed by atoms with Gasteiger partial charge >= 0.3 is 0 Å². The zero-order valence-corrected chi connectivity index (χ0v) is 11.9. The fourth-order valence-corrected chi connectivity index (χ4v) is 1.98. The first-order chi connectivity index (χ1) is 8.69. The lowest BCUT2D eigenvalue weighted by molar-refractivity contribution is 0.412. The standard InChI is InChI=1S/C14H26N4/c1-4-10-18(12-11-17(2)3)14-13(7-8-15)6-5-9-16-14/h5-6,9H,4,7-8,10-12,15H2,1-3H3. The summed E-state index contributed by atoms with van der Waals surface area (Å²) in [6.07, 6.45) is 3.89. The van der Waals surface area contributed by atoms with Gasteiger partial charge in [-0.1, -0.05) is 13.0 Å². The minimum absolute atomic E-state index is 0.673. The normalized spacial score (nSPS) is 10.9. The van der Waals surface area contributed by atoms with Crippen LogP contribution in [0.3, 0.4) is 0 Å². The predicted octanol–water partition coefficient (Wildman–Crippen LogP) is 1.36. The van der Waals surface area contributed by atoms with E-state index in [0.717, 1.165) is 38.3 Å². The Morgan fingerprint density at radius 3 is 2.61 bits per heavy atom. The van der Waals surface area contributed by atoms with E-state index in [1.54, 1.807) is 0 Å². The van der Waals surface area contributed by atoms with E-state index in [0.29, 0.717) is 6.54 Å². The van der Waals surface area contributed by atoms with Crippen molar-refractivity contribution in [3.05, 3.63) is 23.9 Å². The molecule has 0 bridgehead atoms. The van der Waals surface area contributed by atoms with E-state index in [2.05, 4.69) is 41.9 Å². The number of anilines is 1. The Balaban J connectivity index is 2.82. The number of nitrogens with zero attached hydrogens (tertiary/aromatic N) is 3. The summed E-state index contributed by atoms with van der Waals surface area (Å²) in [5.74, 6) is 1.10. The lowest BCUT2D eigenvalue weighted by atomic mass is 10.1. The number of likely N-dealkylation sites (N-methyl/N-ethyl adjacent to an activating group) is 1. The van der Waals surface area contributed by atoms with Crippen LogP contribution in [0.2, 0.25) is 0 Å². The van der Waals surface area contributed by atoms with Gasteiger partial charge in [-0.2, -0.15) is 0 Å². The highest BCUT2D eigenvalue weighted by atomic mass is 15.2. The molecule has 2 N–H and O–H groups in total. The first kappa shape index (κ1) is 14.9. The van der Waals surface area contributed by atoms with Crippen molar-refractivity contribution in [2.24, 2.45) is 5.73 Å². The third kappa shape index (κ3) is 4.63. The fraction of sp³-hybridized carbons (Fsp3) is 0.643. The molecular formula is C14H26N4. The highest BCUT2D eigenvalue weighted by molar-refractivity contribution is 5.46. The zero-order valence-electron chi connectivity index (χ0n) is 11.9. The Kier molecular flexibility index (Phi) is 6.68. The molecule has 0 saturated heterocycles. The monoisotopic (exact) mass is 250 g/mol. The summed E-state index contributed by atoms with van der Waals surface area (Å²) in [5.41, 5.74) is 6.93. The molecule has 4 nitrogen and oxygen atoms in total. The zero-order chi connectivity index (χ0) is 13.4. The number of aromatic nitrogens is 1. The van der Waals surface area contributed by atoms with E-state index >= 15 is 0 Å². The van der Waals surface area contributed by atoms with E-state index in [4.69, 9.17) is 5.73 Å². The molecule has 1 heterocycles. The second kappa shape index (κ2) is 8.06. The van der Waals surface area contributed by atoms with Gasteiger partial charge in [0, 0.05) is 25.8 Å².